The molecule has 4 atom stereocenters. The van der Waals surface area contributed by atoms with Gasteiger partial charge in [-0.05, 0) is 36.1 Å². The van der Waals surface area contributed by atoms with Crippen LogP contribution in [0.15, 0.2) is 48.5 Å². The van der Waals surface area contributed by atoms with Gasteiger partial charge < -0.3 is 5.32 Å². The summed E-state index contributed by atoms with van der Waals surface area (Å²) in [6.07, 6.45) is 2.70. The van der Waals surface area contributed by atoms with Crippen LogP contribution in [0.25, 0.3) is 0 Å². The van der Waals surface area contributed by atoms with Crippen LogP contribution >= 0.6 is 23.4 Å². The van der Waals surface area contributed by atoms with E-state index in [1.54, 1.807) is 17.8 Å². The predicted octanol–water partition coefficient (Wildman–Crippen LogP) is 3.01. The van der Waals surface area contributed by atoms with E-state index < -0.39 is 17.4 Å². The first-order chi connectivity index (χ1) is 15.0. The van der Waals surface area contributed by atoms with Gasteiger partial charge >= 0.3 is 0 Å². The van der Waals surface area contributed by atoms with Gasteiger partial charge in [-0.1, -0.05) is 48.0 Å². The number of imide groups is 1. The number of amides is 3. The van der Waals surface area contributed by atoms with Gasteiger partial charge in [0.05, 0.1) is 18.4 Å². The normalized spacial score (nSPS) is 28.9. The number of likely N-dealkylation sites (tertiary alicyclic amines) is 1. The molecule has 0 aromatic heterocycles. The van der Waals surface area contributed by atoms with Gasteiger partial charge in [0.25, 0.3) is 0 Å². The van der Waals surface area contributed by atoms with E-state index in [2.05, 4.69) is 10.6 Å². The number of hydrogen-bond donors (Lipinski definition) is 2. The molecular weight excluding hydrogens is 434 g/mol. The average Bonchev–Trinajstić information content (AvgIpc) is 3.34. The summed E-state index contributed by atoms with van der Waals surface area (Å²) in [6.45, 7) is 0.110. The third kappa shape index (κ3) is 2.94. The predicted molar refractivity (Wildman–Crippen MR) is 121 cm³/mol. The minimum absolute atomic E-state index is 0.110. The van der Waals surface area contributed by atoms with Crippen molar-refractivity contribution in [2.45, 2.75) is 24.5 Å². The number of rotatable bonds is 5. The maximum atomic E-state index is 13.7. The van der Waals surface area contributed by atoms with Crippen molar-refractivity contribution in [1.82, 2.24) is 10.2 Å². The molecule has 3 amide bonds. The summed E-state index contributed by atoms with van der Waals surface area (Å²) in [4.78, 5) is 41.8. The zero-order valence-corrected chi connectivity index (χ0v) is 18.5. The molecule has 5 rings (SSSR count). The molecule has 3 aliphatic rings. The number of hydrogen-bond acceptors (Lipinski definition) is 5. The molecule has 2 aromatic rings. The van der Waals surface area contributed by atoms with Crippen molar-refractivity contribution >= 4 is 46.8 Å². The van der Waals surface area contributed by atoms with Crippen LogP contribution < -0.4 is 10.6 Å². The second-order valence-corrected chi connectivity index (χ2v) is 9.59. The Labute approximate surface area is 189 Å². The Balaban J connectivity index is 1.58. The summed E-state index contributed by atoms with van der Waals surface area (Å²) >= 11 is 7.98. The lowest BCUT2D eigenvalue weighted by Gasteiger charge is -2.29. The molecule has 3 aliphatic heterocycles. The molecule has 2 N–H and O–H groups in total. The van der Waals surface area contributed by atoms with E-state index in [0.717, 1.165) is 11.3 Å². The maximum absolute atomic E-state index is 13.7. The summed E-state index contributed by atoms with van der Waals surface area (Å²) < 4.78 is 0. The van der Waals surface area contributed by atoms with Gasteiger partial charge in [-0.25, -0.2) is 0 Å². The molecule has 160 valence electrons. The molecule has 0 saturated carbocycles. The van der Waals surface area contributed by atoms with E-state index in [1.807, 2.05) is 48.7 Å². The van der Waals surface area contributed by atoms with Crippen molar-refractivity contribution in [2.24, 2.45) is 11.8 Å². The van der Waals surface area contributed by atoms with Crippen molar-refractivity contribution in [1.29, 1.82) is 0 Å². The molecule has 8 heteroatoms. The van der Waals surface area contributed by atoms with E-state index in [0.29, 0.717) is 22.7 Å². The molecular formula is C23H22ClN3O3S. The van der Waals surface area contributed by atoms with E-state index >= 15 is 0 Å². The summed E-state index contributed by atoms with van der Waals surface area (Å²) in [5, 5.41) is 6.87. The first kappa shape index (κ1) is 20.5. The van der Waals surface area contributed by atoms with Crippen LogP contribution in [0.1, 0.15) is 17.5 Å². The number of para-hydroxylation sites is 1. The lowest BCUT2D eigenvalue weighted by Crippen LogP contribution is -2.53. The zero-order chi connectivity index (χ0) is 21.8. The molecule has 2 aromatic carbocycles. The van der Waals surface area contributed by atoms with Crippen molar-refractivity contribution in [3.05, 3.63) is 64.7 Å². The van der Waals surface area contributed by atoms with E-state index in [9.17, 15) is 14.4 Å². The largest absolute Gasteiger partial charge is 0.324 e. The zero-order valence-electron chi connectivity index (χ0n) is 16.9. The van der Waals surface area contributed by atoms with E-state index in [1.165, 1.54) is 4.90 Å². The standard InChI is InChI=1S/C23H22ClN3O3S/c1-31-11-10-17-18-19(23(26-17)14-7-3-5-9-16(14)25-22(23)30)21(29)27(20(18)28)12-13-6-2-4-8-15(13)24/h2-9,17-19,26H,10-12H2,1H3,(H,25,30)/t17-,18-,19-,23-/m0/s1. The molecule has 2 saturated heterocycles. The van der Waals surface area contributed by atoms with E-state index in [4.69, 9.17) is 11.6 Å². The highest BCUT2D eigenvalue weighted by Crippen LogP contribution is 2.53. The second-order valence-electron chi connectivity index (χ2n) is 8.20. The highest BCUT2D eigenvalue weighted by Gasteiger charge is 2.70. The number of thioether (sulfide) groups is 1. The molecule has 31 heavy (non-hydrogen) atoms. The fourth-order valence-electron chi connectivity index (χ4n) is 5.26. The van der Waals surface area contributed by atoms with Gasteiger partial charge in [-0.15, -0.1) is 0 Å². The third-order valence-corrected chi connectivity index (χ3v) is 7.65. The molecule has 6 nitrogen and oxygen atoms in total. The molecule has 0 aliphatic carbocycles. The maximum Gasteiger partial charge on any atom is 0.250 e. The number of nitrogens with zero attached hydrogens (tertiary/aromatic N) is 1. The fourth-order valence-corrected chi connectivity index (χ4v) is 5.95. The van der Waals surface area contributed by atoms with Crippen molar-refractivity contribution in [3.8, 4) is 0 Å². The Morgan fingerprint density at radius 1 is 1.06 bits per heavy atom. The minimum Gasteiger partial charge on any atom is -0.324 e. The molecule has 1 spiro atoms. The lowest BCUT2D eigenvalue weighted by molar-refractivity contribution is -0.143. The number of benzene rings is 2. The van der Waals surface area contributed by atoms with Crippen LogP contribution in [0.5, 0.6) is 0 Å². The van der Waals surface area contributed by atoms with Gasteiger partial charge in [0, 0.05) is 22.3 Å². The number of anilines is 1. The lowest BCUT2D eigenvalue weighted by atomic mass is 9.76. The van der Waals surface area contributed by atoms with Crippen LogP contribution in [0, 0.1) is 11.8 Å². The van der Waals surface area contributed by atoms with Gasteiger partial charge in [0.1, 0.15) is 5.54 Å². The molecule has 2 fully saturated rings. The van der Waals surface area contributed by atoms with Gasteiger partial charge in [-0.3, -0.25) is 24.6 Å². The van der Waals surface area contributed by atoms with Crippen LogP contribution in [0.3, 0.4) is 0 Å². The molecule has 0 bridgehead atoms. The third-order valence-electron chi connectivity index (χ3n) is 6.63. The Bertz CT molecular complexity index is 1090. The van der Waals surface area contributed by atoms with Crippen molar-refractivity contribution in [2.75, 3.05) is 17.3 Å². The number of fused-ring (bicyclic) bond motifs is 4. The average molecular weight is 456 g/mol. The highest BCUT2D eigenvalue weighted by atomic mass is 35.5. The Morgan fingerprint density at radius 2 is 1.81 bits per heavy atom. The first-order valence-corrected chi connectivity index (χ1v) is 12.0. The quantitative estimate of drug-likeness (QED) is 0.677. The Morgan fingerprint density at radius 3 is 2.58 bits per heavy atom. The number of halogens is 1. The number of nitrogens with one attached hydrogen (secondary N) is 2. The van der Waals surface area contributed by atoms with Gasteiger partial charge in [0.2, 0.25) is 17.7 Å². The Kier molecular flexibility index (Phi) is 5.07. The van der Waals surface area contributed by atoms with Crippen LogP contribution in [0.2, 0.25) is 5.02 Å². The first-order valence-electron chi connectivity index (χ1n) is 10.2. The summed E-state index contributed by atoms with van der Waals surface area (Å²) in [5.74, 6) is -1.36. The topological polar surface area (TPSA) is 78.5 Å². The Hall–Kier alpha value is -2.35. The summed E-state index contributed by atoms with van der Waals surface area (Å²) in [5.41, 5.74) is 0.910. The van der Waals surface area contributed by atoms with Gasteiger partial charge in [0.15, 0.2) is 0 Å². The molecule has 3 heterocycles. The summed E-state index contributed by atoms with van der Waals surface area (Å²) in [6, 6.07) is 14.3. The van der Waals surface area contributed by atoms with Crippen molar-refractivity contribution < 1.29 is 14.4 Å². The van der Waals surface area contributed by atoms with Crippen LogP contribution in [0.4, 0.5) is 5.69 Å². The monoisotopic (exact) mass is 455 g/mol. The number of carbonyl (C=O) groups is 3. The molecule has 0 radical (unpaired) electrons. The fraction of sp³-hybridized carbons (Fsp3) is 0.348. The summed E-state index contributed by atoms with van der Waals surface area (Å²) in [7, 11) is 0. The molecule has 0 unspecified atom stereocenters. The highest BCUT2D eigenvalue weighted by molar-refractivity contribution is 7.98. The van der Waals surface area contributed by atoms with Crippen LogP contribution in [-0.4, -0.2) is 40.7 Å². The smallest absolute Gasteiger partial charge is 0.250 e. The van der Waals surface area contributed by atoms with Crippen LogP contribution in [-0.2, 0) is 26.5 Å². The minimum atomic E-state index is -1.23. The second kappa shape index (κ2) is 7.65. The number of carbonyl (C=O) groups excluding carboxylic acids is 3. The van der Waals surface area contributed by atoms with Gasteiger partial charge in [-0.2, -0.15) is 11.8 Å². The SMILES string of the molecule is CSCC[C@@H]1N[C@]2(C(=O)Nc3ccccc32)[C@@H]2C(=O)N(Cc3ccccc3Cl)C(=O)[C@@H]12. The van der Waals surface area contributed by atoms with E-state index in [-0.39, 0.29) is 30.3 Å². The van der Waals surface area contributed by atoms with Crippen molar-refractivity contribution in [3.63, 3.8) is 0 Å².